The van der Waals surface area contributed by atoms with E-state index >= 15 is 0 Å². The van der Waals surface area contributed by atoms with Crippen LogP contribution in [-0.2, 0) is 19.6 Å². The fourth-order valence-corrected chi connectivity index (χ4v) is 6.29. The van der Waals surface area contributed by atoms with Crippen molar-refractivity contribution in [1.82, 2.24) is 0 Å². The number of ether oxygens (including phenoxy) is 1. The summed E-state index contributed by atoms with van der Waals surface area (Å²) in [4.78, 5) is 12.8. The maximum Gasteiger partial charge on any atom is 0.309 e. The van der Waals surface area contributed by atoms with E-state index in [1.54, 1.807) is 31.2 Å². The summed E-state index contributed by atoms with van der Waals surface area (Å²) in [5, 5.41) is 9.97. The van der Waals surface area contributed by atoms with Crippen LogP contribution in [0, 0.1) is 24.6 Å². The van der Waals surface area contributed by atoms with Gasteiger partial charge >= 0.3 is 5.97 Å². The summed E-state index contributed by atoms with van der Waals surface area (Å²) in [6.45, 7) is 3.58. The lowest BCUT2D eigenvalue weighted by Gasteiger charge is -2.45. The minimum atomic E-state index is -4.00. The number of anilines is 1. The van der Waals surface area contributed by atoms with Gasteiger partial charge in [-0.1, -0.05) is 29.8 Å². The van der Waals surface area contributed by atoms with E-state index in [-0.39, 0.29) is 36.3 Å². The topological polar surface area (TPSA) is 83.9 Å². The van der Waals surface area contributed by atoms with Crippen molar-refractivity contribution < 1.29 is 27.4 Å². The van der Waals surface area contributed by atoms with E-state index in [1.165, 1.54) is 28.6 Å². The van der Waals surface area contributed by atoms with Crippen molar-refractivity contribution in [3.63, 3.8) is 0 Å². The van der Waals surface area contributed by atoms with Crippen molar-refractivity contribution in [3.8, 4) is 0 Å². The second-order valence-corrected chi connectivity index (χ2v) is 10.1. The highest BCUT2D eigenvalue weighted by Crippen LogP contribution is 2.50. The van der Waals surface area contributed by atoms with Gasteiger partial charge in [0, 0.05) is 18.4 Å². The molecule has 1 aliphatic carbocycles. The van der Waals surface area contributed by atoms with E-state index in [1.807, 2.05) is 6.92 Å². The standard InChI is InChI=1S/C24H26FNO5S/c1-3-31-24(28)20-10-6-16(14-27)21-13-26(22-12-17(25)7-11-19(22)23(20)21)32(29,30)18-8-4-15(2)5-9-18/h4-9,11-12,20-21,23,27H,3,10,13-14H2,1-2H3/t20-,21+,23+/m0/s1. The monoisotopic (exact) mass is 459 g/mol. The van der Waals surface area contributed by atoms with Crippen molar-refractivity contribution in [2.45, 2.75) is 31.1 Å². The number of aryl methyl sites for hydroxylation is 1. The Morgan fingerprint density at radius 3 is 2.59 bits per heavy atom. The van der Waals surface area contributed by atoms with E-state index in [0.717, 1.165) is 5.56 Å². The van der Waals surface area contributed by atoms with Gasteiger partial charge in [-0.2, -0.15) is 0 Å². The van der Waals surface area contributed by atoms with E-state index < -0.39 is 33.6 Å². The van der Waals surface area contributed by atoms with Crippen molar-refractivity contribution in [1.29, 1.82) is 0 Å². The van der Waals surface area contributed by atoms with Crippen molar-refractivity contribution >= 4 is 21.7 Å². The van der Waals surface area contributed by atoms with Gasteiger partial charge < -0.3 is 9.84 Å². The summed E-state index contributed by atoms with van der Waals surface area (Å²) < 4.78 is 47.9. The molecule has 170 valence electrons. The molecule has 2 aromatic carbocycles. The van der Waals surface area contributed by atoms with Crippen molar-refractivity contribution in [2.24, 2.45) is 11.8 Å². The molecular formula is C24H26FNO5S. The molecular weight excluding hydrogens is 433 g/mol. The van der Waals surface area contributed by atoms with Crippen LogP contribution in [0.5, 0.6) is 0 Å². The molecule has 4 rings (SSSR count). The quantitative estimate of drug-likeness (QED) is 0.546. The summed E-state index contributed by atoms with van der Waals surface area (Å²) in [5.41, 5.74) is 2.38. The zero-order valence-electron chi connectivity index (χ0n) is 18.0. The number of hydrogen-bond acceptors (Lipinski definition) is 5. The molecule has 0 bridgehead atoms. The van der Waals surface area contributed by atoms with Crippen molar-refractivity contribution in [3.05, 3.63) is 71.1 Å². The third-order valence-electron chi connectivity index (χ3n) is 6.34. The number of esters is 1. The molecule has 8 heteroatoms. The predicted octanol–water partition coefficient (Wildman–Crippen LogP) is 3.54. The Bertz CT molecular complexity index is 1160. The first-order valence-corrected chi connectivity index (χ1v) is 12.1. The number of aliphatic hydroxyl groups is 1. The number of halogens is 1. The maximum absolute atomic E-state index is 14.3. The van der Waals surface area contributed by atoms with Crippen molar-refractivity contribution in [2.75, 3.05) is 24.1 Å². The van der Waals surface area contributed by atoms with Crippen LogP contribution in [0.15, 0.2) is 59.0 Å². The molecule has 2 aliphatic rings. The first-order chi connectivity index (χ1) is 15.3. The minimum absolute atomic E-state index is 0.000369. The first kappa shape index (κ1) is 22.5. The number of aliphatic hydroxyl groups excluding tert-OH is 1. The molecule has 1 N–H and O–H groups in total. The van der Waals surface area contributed by atoms with Crippen LogP contribution < -0.4 is 4.31 Å². The third-order valence-corrected chi connectivity index (χ3v) is 8.13. The molecule has 0 aromatic heterocycles. The second kappa shape index (κ2) is 8.67. The molecule has 1 aliphatic heterocycles. The molecule has 0 fully saturated rings. The molecule has 1 heterocycles. The van der Waals surface area contributed by atoms with Crippen LogP contribution in [0.25, 0.3) is 0 Å². The van der Waals surface area contributed by atoms with Gasteiger partial charge in [-0.05, 0) is 55.7 Å². The zero-order chi connectivity index (χ0) is 23.0. The van der Waals surface area contributed by atoms with Gasteiger partial charge in [0.2, 0.25) is 0 Å². The van der Waals surface area contributed by atoms with E-state index in [0.29, 0.717) is 17.6 Å². The fraction of sp³-hybridized carbons (Fsp3) is 0.375. The number of sulfonamides is 1. The van der Waals surface area contributed by atoms with Crippen LogP contribution in [0.3, 0.4) is 0 Å². The molecule has 0 amide bonds. The van der Waals surface area contributed by atoms with E-state index in [2.05, 4.69) is 0 Å². The van der Waals surface area contributed by atoms with Crippen LogP contribution in [0.1, 0.15) is 30.4 Å². The lowest BCUT2D eigenvalue weighted by Crippen LogP contribution is -2.47. The number of allylic oxidation sites excluding steroid dienone is 1. The SMILES string of the molecule is CCOC(=O)[C@H]1CC=C(CO)[C@H]2CN(S(=O)(=O)c3ccc(C)cc3)c3cc(F)ccc3[C@H]12. The number of hydrogen-bond donors (Lipinski definition) is 1. The largest absolute Gasteiger partial charge is 0.466 e. The maximum atomic E-state index is 14.3. The molecule has 2 aromatic rings. The number of nitrogens with zero attached hydrogens (tertiary/aromatic N) is 1. The Kier molecular flexibility index (Phi) is 6.09. The first-order valence-electron chi connectivity index (χ1n) is 10.6. The summed E-state index contributed by atoms with van der Waals surface area (Å²) in [5.74, 6) is -2.32. The minimum Gasteiger partial charge on any atom is -0.466 e. The summed E-state index contributed by atoms with van der Waals surface area (Å²) in [7, 11) is -4.00. The molecule has 0 saturated carbocycles. The van der Waals surface area contributed by atoms with Crippen LogP contribution >= 0.6 is 0 Å². The van der Waals surface area contributed by atoms with Crippen LogP contribution in [-0.4, -0.2) is 39.3 Å². The van der Waals surface area contributed by atoms with Crippen LogP contribution in [0.4, 0.5) is 10.1 Å². The lowest BCUT2D eigenvalue weighted by atomic mass is 9.67. The number of fused-ring (bicyclic) bond motifs is 3. The number of carbonyl (C=O) groups excluding carboxylic acids is 1. The highest BCUT2D eigenvalue weighted by Gasteiger charge is 2.47. The molecule has 0 unspecified atom stereocenters. The molecule has 0 radical (unpaired) electrons. The summed E-state index contributed by atoms with van der Waals surface area (Å²) >= 11 is 0. The Hall–Kier alpha value is -2.71. The fourth-order valence-electron chi connectivity index (χ4n) is 4.78. The van der Waals surface area contributed by atoms with E-state index in [4.69, 9.17) is 4.74 Å². The van der Waals surface area contributed by atoms with E-state index in [9.17, 15) is 22.7 Å². The number of benzene rings is 2. The highest BCUT2D eigenvalue weighted by atomic mass is 32.2. The molecule has 6 nitrogen and oxygen atoms in total. The Balaban J connectivity index is 1.87. The lowest BCUT2D eigenvalue weighted by molar-refractivity contribution is -0.149. The molecule has 32 heavy (non-hydrogen) atoms. The third kappa shape index (κ3) is 3.82. The number of rotatable bonds is 5. The molecule has 3 atom stereocenters. The Labute approximate surface area is 187 Å². The second-order valence-electron chi connectivity index (χ2n) is 8.22. The molecule has 0 saturated heterocycles. The smallest absolute Gasteiger partial charge is 0.309 e. The van der Waals surface area contributed by atoms with Gasteiger partial charge in [0.25, 0.3) is 10.0 Å². The summed E-state index contributed by atoms with van der Waals surface area (Å²) in [6, 6.07) is 10.5. The van der Waals surface area contributed by atoms with Gasteiger partial charge in [0.05, 0.1) is 29.7 Å². The normalized spacial score (nSPS) is 22.6. The van der Waals surface area contributed by atoms with Gasteiger partial charge in [0.1, 0.15) is 5.82 Å². The predicted molar refractivity (Wildman–Crippen MR) is 118 cm³/mol. The van der Waals surface area contributed by atoms with Gasteiger partial charge in [-0.3, -0.25) is 9.10 Å². The van der Waals surface area contributed by atoms with Gasteiger partial charge in [-0.25, -0.2) is 12.8 Å². The Morgan fingerprint density at radius 1 is 1.22 bits per heavy atom. The van der Waals surface area contributed by atoms with Gasteiger partial charge in [0.15, 0.2) is 0 Å². The Morgan fingerprint density at radius 2 is 1.94 bits per heavy atom. The van der Waals surface area contributed by atoms with Crippen LogP contribution in [0.2, 0.25) is 0 Å². The number of carbonyl (C=O) groups is 1. The van der Waals surface area contributed by atoms with Gasteiger partial charge in [-0.15, -0.1) is 0 Å². The zero-order valence-corrected chi connectivity index (χ0v) is 18.8. The summed E-state index contributed by atoms with van der Waals surface area (Å²) in [6.07, 6.45) is 2.17. The average molecular weight is 460 g/mol. The highest BCUT2D eigenvalue weighted by molar-refractivity contribution is 7.92. The molecule has 0 spiro atoms. The average Bonchev–Trinajstić information content (AvgIpc) is 2.77.